The van der Waals surface area contributed by atoms with Crippen molar-refractivity contribution < 1.29 is 24.3 Å². The molecule has 0 aromatic heterocycles. The molecular weight excluding hydrogens is 548 g/mol. The van der Waals surface area contributed by atoms with Crippen LogP contribution in [-0.4, -0.2) is 96.0 Å². The number of ether oxygens (including phenoxy) is 1. The van der Waals surface area contributed by atoms with Crippen LogP contribution in [0.3, 0.4) is 0 Å². The van der Waals surface area contributed by atoms with E-state index in [2.05, 4.69) is 51.3 Å². The van der Waals surface area contributed by atoms with Gasteiger partial charge in [0, 0.05) is 62.5 Å². The highest BCUT2D eigenvalue weighted by Gasteiger charge is 2.27. The Balaban J connectivity index is 0.000000269. The van der Waals surface area contributed by atoms with Crippen LogP contribution in [0, 0.1) is 11.8 Å². The highest BCUT2D eigenvalue weighted by atomic mass is 16.5. The Kier molecular flexibility index (Phi) is 10.6. The molecule has 228 valence electrons. The molecule has 11 nitrogen and oxygen atoms in total. The molecule has 2 saturated heterocycles. The number of hydrogen-bond donors (Lipinski definition) is 3. The van der Waals surface area contributed by atoms with Crippen LogP contribution >= 0.6 is 0 Å². The van der Waals surface area contributed by atoms with E-state index in [4.69, 9.17) is 4.74 Å². The summed E-state index contributed by atoms with van der Waals surface area (Å²) in [6.07, 6.45) is 3.39. The van der Waals surface area contributed by atoms with Gasteiger partial charge in [-0.25, -0.2) is 4.79 Å². The predicted molar refractivity (Wildman–Crippen MR) is 163 cm³/mol. The van der Waals surface area contributed by atoms with E-state index < -0.39 is 18.0 Å². The molecule has 3 N–H and O–H groups in total. The van der Waals surface area contributed by atoms with Crippen LogP contribution in [0.1, 0.15) is 60.2 Å². The van der Waals surface area contributed by atoms with Crippen LogP contribution in [0.25, 0.3) is 0 Å². The Morgan fingerprint density at radius 1 is 1.12 bits per heavy atom. The molecule has 3 heterocycles. The number of amides is 4. The van der Waals surface area contributed by atoms with Crippen molar-refractivity contribution in [3.05, 3.63) is 64.7 Å². The van der Waals surface area contributed by atoms with Gasteiger partial charge in [0.1, 0.15) is 5.75 Å². The molecule has 43 heavy (non-hydrogen) atoms. The molecule has 3 aliphatic heterocycles. The van der Waals surface area contributed by atoms with E-state index in [9.17, 15) is 19.6 Å². The molecule has 0 spiro atoms. The fourth-order valence-corrected chi connectivity index (χ4v) is 5.42. The molecule has 0 saturated carbocycles. The van der Waals surface area contributed by atoms with E-state index >= 15 is 0 Å². The third-order valence-electron chi connectivity index (χ3n) is 7.83. The Morgan fingerprint density at radius 3 is 2.53 bits per heavy atom. The molecule has 4 amide bonds. The zero-order valence-electron chi connectivity index (χ0n) is 25.2. The van der Waals surface area contributed by atoms with Gasteiger partial charge in [0.2, 0.25) is 0 Å². The number of imide groups is 1. The summed E-state index contributed by atoms with van der Waals surface area (Å²) in [7, 11) is 3.40. The molecule has 0 aliphatic carbocycles. The number of carbonyl (C=O) groups excluding carboxylic acids is 3. The molecule has 3 aliphatic rings. The lowest BCUT2D eigenvalue weighted by molar-refractivity contribution is -0.119. The van der Waals surface area contributed by atoms with E-state index in [0.717, 1.165) is 55.0 Å². The molecule has 2 atom stereocenters. The quantitative estimate of drug-likeness (QED) is 0.122. The van der Waals surface area contributed by atoms with Crippen molar-refractivity contribution in [2.24, 2.45) is 5.16 Å². The van der Waals surface area contributed by atoms with Crippen molar-refractivity contribution in [3.8, 4) is 17.6 Å². The number of hydrogen-bond acceptors (Lipinski definition) is 7. The molecule has 2 fully saturated rings. The topological polar surface area (TPSA) is 127 Å². The minimum absolute atomic E-state index is 0.0777. The number of methoxy groups -OCH3 is 1. The summed E-state index contributed by atoms with van der Waals surface area (Å²) in [6.45, 7) is 8.84. The SMILES string of the molecule is CCCC(C)N1CCCN(/C(=N\O)c2ccc(C#CC3NC(=O)NC3=O)cc2)CC1.COc1ccc2c(c1)C(=O)N(C)C2. The summed E-state index contributed by atoms with van der Waals surface area (Å²) in [5.41, 5.74) is 3.36. The maximum absolute atomic E-state index is 11.5. The standard InChI is InChI=1S/C22H29N5O3.C10H11NO2/c1-3-5-16(2)26-12-4-13-27(15-14-26)20(25-30)18-9-6-17(7-10-18)8-11-19-21(28)24-22(29)23-19;1-11-6-7-3-4-8(13-2)5-9(7)10(11)12/h6-7,9-10,16,19,30H,3-5,12-15H2,1-2H3,(H2,23,24,28,29);3-5H,6H2,1-2H3/b25-20-;. The maximum atomic E-state index is 11.5. The first kappa shape index (κ1) is 31.4. The van der Waals surface area contributed by atoms with Crippen molar-refractivity contribution in [2.45, 2.75) is 51.7 Å². The van der Waals surface area contributed by atoms with Crippen LogP contribution in [0.15, 0.2) is 47.6 Å². The molecular formula is C32H40N6O5. The number of rotatable bonds is 5. The van der Waals surface area contributed by atoms with Gasteiger partial charge in [-0.05, 0) is 61.7 Å². The van der Waals surface area contributed by atoms with Gasteiger partial charge >= 0.3 is 6.03 Å². The summed E-state index contributed by atoms with van der Waals surface area (Å²) >= 11 is 0. The molecule has 0 radical (unpaired) electrons. The fraction of sp³-hybridized carbons (Fsp3) is 0.438. The van der Waals surface area contributed by atoms with E-state index in [1.807, 2.05) is 36.4 Å². The summed E-state index contributed by atoms with van der Waals surface area (Å²) in [5.74, 6) is 6.57. The first-order chi connectivity index (χ1) is 20.7. The van der Waals surface area contributed by atoms with Gasteiger partial charge in [0.05, 0.1) is 7.11 Å². The Hall–Kier alpha value is -4.56. The van der Waals surface area contributed by atoms with Gasteiger partial charge in [-0.2, -0.15) is 0 Å². The number of fused-ring (bicyclic) bond motifs is 1. The van der Waals surface area contributed by atoms with Crippen LogP contribution in [0.5, 0.6) is 5.75 Å². The normalized spacial score (nSPS) is 19.3. The highest BCUT2D eigenvalue weighted by molar-refractivity contribution is 6.06. The second-order valence-corrected chi connectivity index (χ2v) is 10.9. The second-order valence-electron chi connectivity index (χ2n) is 10.9. The molecule has 2 aromatic rings. The Labute approximate surface area is 252 Å². The monoisotopic (exact) mass is 588 g/mol. The highest BCUT2D eigenvalue weighted by Crippen LogP contribution is 2.25. The molecule has 2 aromatic carbocycles. The van der Waals surface area contributed by atoms with E-state index in [1.54, 1.807) is 25.1 Å². The second kappa shape index (κ2) is 14.6. The summed E-state index contributed by atoms with van der Waals surface area (Å²) in [5, 5.41) is 17.8. The van der Waals surface area contributed by atoms with Crippen molar-refractivity contribution in [3.63, 3.8) is 0 Å². The van der Waals surface area contributed by atoms with Crippen molar-refractivity contribution in [1.82, 2.24) is 25.3 Å². The van der Waals surface area contributed by atoms with Crippen LogP contribution in [-0.2, 0) is 11.3 Å². The minimum Gasteiger partial charge on any atom is -0.497 e. The lowest BCUT2D eigenvalue weighted by atomic mass is 10.1. The van der Waals surface area contributed by atoms with E-state index in [1.165, 1.54) is 12.8 Å². The third kappa shape index (κ3) is 7.84. The average molecular weight is 589 g/mol. The molecule has 5 rings (SSSR count). The van der Waals surface area contributed by atoms with E-state index in [-0.39, 0.29) is 5.91 Å². The van der Waals surface area contributed by atoms with Gasteiger partial charge in [-0.3, -0.25) is 19.8 Å². The van der Waals surface area contributed by atoms with E-state index in [0.29, 0.717) is 24.0 Å². The lowest BCUT2D eigenvalue weighted by Crippen LogP contribution is -2.38. The van der Waals surface area contributed by atoms with Crippen molar-refractivity contribution in [1.29, 1.82) is 0 Å². The third-order valence-corrected chi connectivity index (χ3v) is 7.83. The Morgan fingerprint density at radius 2 is 1.88 bits per heavy atom. The van der Waals surface area contributed by atoms with Crippen LogP contribution < -0.4 is 15.4 Å². The minimum atomic E-state index is -0.832. The first-order valence-corrected chi connectivity index (χ1v) is 14.6. The molecule has 11 heteroatoms. The van der Waals surface area contributed by atoms with Gasteiger partial charge in [-0.1, -0.05) is 36.4 Å². The summed E-state index contributed by atoms with van der Waals surface area (Å²) in [6, 6.07) is 12.2. The largest absolute Gasteiger partial charge is 0.497 e. The number of amidine groups is 1. The van der Waals surface area contributed by atoms with Crippen LogP contribution in [0.2, 0.25) is 0 Å². The first-order valence-electron chi connectivity index (χ1n) is 14.6. The number of urea groups is 1. The van der Waals surface area contributed by atoms with Crippen molar-refractivity contribution in [2.75, 3.05) is 40.3 Å². The van der Waals surface area contributed by atoms with Crippen LogP contribution in [0.4, 0.5) is 4.79 Å². The average Bonchev–Trinajstić information content (AvgIpc) is 3.35. The smallest absolute Gasteiger partial charge is 0.322 e. The summed E-state index contributed by atoms with van der Waals surface area (Å²) in [4.78, 5) is 40.5. The summed E-state index contributed by atoms with van der Waals surface area (Å²) < 4.78 is 5.05. The fourth-order valence-electron chi connectivity index (χ4n) is 5.42. The zero-order chi connectivity index (χ0) is 30.9. The zero-order valence-corrected chi connectivity index (χ0v) is 25.2. The van der Waals surface area contributed by atoms with Gasteiger partial charge in [-0.15, -0.1) is 0 Å². The maximum Gasteiger partial charge on any atom is 0.322 e. The van der Waals surface area contributed by atoms with Gasteiger partial charge in [0.25, 0.3) is 11.8 Å². The predicted octanol–water partition coefficient (Wildman–Crippen LogP) is 2.86. The number of nitrogens with one attached hydrogen (secondary N) is 2. The number of oxime groups is 1. The Bertz CT molecular complexity index is 1410. The molecule has 2 unspecified atom stereocenters. The molecule has 0 bridgehead atoms. The van der Waals surface area contributed by atoms with Crippen molar-refractivity contribution >= 4 is 23.7 Å². The number of benzene rings is 2. The lowest BCUT2D eigenvalue weighted by Gasteiger charge is -2.28. The van der Waals surface area contributed by atoms with Gasteiger partial charge in [0.15, 0.2) is 11.9 Å². The number of nitrogens with zero attached hydrogens (tertiary/aromatic N) is 4. The number of carbonyl (C=O) groups is 3. The van der Waals surface area contributed by atoms with Gasteiger partial charge < -0.3 is 25.1 Å².